The van der Waals surface area contributed by atoms with E-state index in [1.807, 2.05) is 32.0 Å². The minimum atomic E-state index is -3.43. The third kappa shape index (κ3) is 4.16. The molecule has 1 aromatic carbocycles. The molecule has 0 atom stereocenters. The monoisotopic (exact) mass is 392 g/mol. The van der Waals surface area contributed by atoms with Gasteiger partial charge in [0.2, 0.25) is 5.91 Å². The molecule has 0 saturated carbocycles. The van der Waals surface area contributed by atoms with Crippen LogP contribution in [0.1, 0.15) is 35.3 Å². The first-order valence-corrected chi connectivity index (χ1v) is 11.1. The lowest BCUT2D eigenvalue weighted by molar-refractivity contribution is -0.115. The summed E-state index contributed by atoms with van der Waals surface area (Å²) in [4.78, 5) is 13.1. The van der Waals surface area contributed by atoms with Crippen molar-refractivity contribution >= 4 is 33.0 Å². The van der Waals surface area contributed by atoms with E-state index in [9.17, 15) is 13.2 Å². The maximum absolute atomic E-state index is 12.7. The summed E-state index contributed by atoms with van der Waals surface area (Å²) in [6.07, 6.45) is 3.08. The van der Waals surface area contributed by atoms with Gasteiger partial charge in [0, 0.05) is 23.7 Å². The first kappa shape index (κ1) is 19.1. The zero-order valence-corrected chi connectivity index (χ0v) is 16.8. The van der Waals surface area contributed by atoms with E-state index in [2.05, 4.69) is 5.32 Å². The van der Waals surface area contributed by atoms with Gasteiger partial charge in [-0.25, -0.2) is 8.42 Å². The predicted octanol–water partition coefficient (Wildman–Crippen LogP) is 3.72. The summed E-state index contributed by atoms with van der Waals surface area (Å²) in [5.41, 5.74) is 2.96. The first-order valence-electron chi connectivity index (χ1n) is 8.83. The molecule has 1 aliphatic rings. The van der Waals surface area contributed by atoms with E-state index >= 15 is 0 Å². The number of nitrogens with zero attached hydrogens (tertiary/aromatic N) is 1. The Bertz CT molecular complexity index is 897. The molecule has 1 N–H and O–H groups in total. The Labute approximate surface area is 159 Å². The standard InChI is InChI=1S/C19H24N2O3S2/c1-14-7-6-8-17(15(14)2)20-18(22)13-16-9-10-19(25-16)26(23,24)21-11-4-3-5-12-21/h6-10H,3-5,11-13H2,1-2H3,(H,20,22). The van der Waals surface area contributed by atoms with Crippen LogP contribution in [0.2, 0.25) is 0 Å². The van der Waals surface area contributed by atoms with Crippen LogP contribution in [0.15, 0.2) is 34.5 Å². The smallest absolute Gasteiger partial charge is 0.252 e. The molecule has 0 radical (unpaired) electrons. The maximum atomic E-state index is 12.7. The van der Waals surface area contributed by atoms with E-state index in [1.54, 1.807) is 16.4 Å². The molecular formula is C19H24N2O3S2. The van der Waals surface area contributed by atoms with Crippen molar-refractivity contribution in [3.05, 3.63) is 46.3 Å². The largest absolute Gasteiger partial charge is 0.326 e. The third-order valence-corrected chi connectivity index (χ3v) is 8.21. The molecule has 3 rings (SSSR count). The van der Waals surface area contributed by atoms with Gasteiger partial charge in [-0.05, 0) is 56.0 Å². The molecule has 140 valence electrons. The lowest BCUT2D eigenvalue weighted by Crippen LogP contribution is -2.35. The highest BCUT2D eigenvalue weighted by Crippen LogP contribution is 2.27. The van der Waals surface area contributed by atoms with Crippen molar-refractivity contribution < 1.29 is 13.2 Å². The van der Waals surface area contributed by atoms with Crippen molar-refractivity contribution in [2.75, 3.05) is 18.4 Å². The van der Waals surface area contributed by atoms with Crippen molar-refractivity contribution in [2.24, 2.45) is 0 Å². The molecule has 0 bridgehead atoms. The van der Waals surface area contributed by atoms with E-state index in [0.717, 1.165) is 41.0 Å². The third-order valence-electron chi connectivity index (χ3n) is 4.76. The fourth-order valence-corrected chi connectivity index (χ4v) is 6.09. The molecule has 1 aliphatic heterocycles. The number of thiophene rings is 1. The number of piperidine rings is 1. The van der Waals surface area contributed by atoms with E-state index in [1.165, 1.54) is 11.3 Å². The summed E-state index contributed by atoms with van der Waals surface area (Å²) < 4.78 is 27.3. The van der Waals surface area contributed by atoms with Crippen LogP contribution in [-0.2, 0) is 21.2 Å². The summed E-state index contributed by atoms with van der Waals surface area (Å²) in [5.74, 6) is -0.137. The Morgan fingerprint density at radius 1 is 1.12 bits per heavy atom. The molecule has 0 unspecified atom stereocenters. The number of carbonyl (C=O) groups is 1. The Hall–Kier alpha value is -1.70. The van der Waals surface area contributed by atoms with E-state index in [-0.39, 0.29) is 12.3 Å². The quantitative estimate of drug-likeness (QED) is 0.843. The number of benzene rings is 1. The van der Waals surface area contributed by atoms with E-state index < -0.39 is 10.0 Å². The van der Waals surface area contributed by atoms with Crippen molar-refractivity contribution in [1.82, 2.24) is 4.31 Å². The SMILES string of the molecule is Cc1cccc(NC(=O)Cc2ccc(S(=O)(=O)N3CCCCC3)s2)c1C. The van der Waals surface area contributed by atoms with E-state index in [0.29, 0.717) is 17.3 Å². The van der Waals surface area contributed by atoms with Gasteiger partial charge in [-0.3, -0.25) is 4.79 Å². The zero-order valence-electron chi connectivity index (χ0n) is 15.1. The summed E-state index contributed by atoms with van der Waals surface area (Å²) in [6, 6.07) is 9.15. The topological polar surface area (TPSA) is 66.5 Å². The number of carbonyl (C=O) groups excluding carboxylic acids is 1. The number of sulfonamides is 1. The molecule has 1 saturated heterocycles. The fourth-order valence-electron chi connectivity index (χ4n) is 3.06. The Balaban J connectivity index is 1.68. The average Bonchev–Trinajstić information content (AvgIpc) is 3.09. The molecule has 5 nitrogen and oxygen atoms in total. The molecule has 2 aromatic rings. The second kappa shape index (κ2) is 7.90. The molecule has 1 fully saturated rings. The summed E-state index contributed by atoms with van der Waals surface area (Å²) >= 11 is 1.19. The first-order chi connectivity index (χ1) is 12.4. The molecular weight excluding hydrogens is 368 g/mol. The van der Waals surface area contributed by atoms with Gasteiger partial charge in [0.25, 0.3) is 10.0 Å². The number of hydrogen-bond acceptors (Lipinski definition) is 4. The Kier molecular flexibility index (Phi) is 5.79. The van der Waals surface area contributed by atoms with Gasteiger partial charge in [0.15, 0.2) is 0 Å². The minimum absolute atomic E-state index is 0.137. The van der Waals surface area contributed by atoms with Gasteiger partial charge in [-0.1, -0.05) is 18.6 Å². The molecule has 1 aromatic heterocycles. The van der Waals surface area contributed by atoms with Crippen LogP contribution in [0.4, 0.5) is 5.69 Å². The lowest BCUT2D eigenvalue weighted by Gasteiger charge is -2.25. The number of hydrogen-bond donors (Lipinski definition) is 1. The number of amides is 1. The van der Waals surface area contributed by atoms with Crippen molar-refractivity contribution in [1.29, 1.82) is 0 Å². The Morgan fingerprint density at radius 2 is 1.85 bits per heavy atom. The normalized spacial score (nSPS) is 15.8. The van der Waals surface area contributed by atoms with Gasteiger partial charge >= 0.3 is 0 Å². The average molecular weight is 393 g/mol. The van der Waals surface area contributed by atoms with Crippen LogP contribution < -0.4 is 5.32 Å². The molecule has 0 aliphatic carbocycles. The highest BCUT2D eigenvalue weighted by atomic mass is 32.2. The predicted molar refractivity (Wildman–Crippen MR) is 105 cm³/mol. The number of nitrogens with one attached hydrogen (secondary N) is 1. The van der Waals surface area contributed by atoms with Gasteiger partial charge in [-0.2, -0.15) is 4.31 Å². The number of anilines is 1. The van der Waals surface area contributed by atoms with E-state index in [4.69, 9.17) is 0 Å². The van der Waals surface area contributed by atoms with Gasteiger partial charge < -0.3 is 5.32 Å². The van der Waals surface area contributed by atoms with Crippen molar-refractivity contribution in [3.63, 3.8) is 0 Å². The molecule has 2 heterocycles. The van der Waals surface area contributed by atoms with Crippen LogP contribution >= 0.6 is 11.3 Å². The highest BCUT2D eigenvalue weighted by Gasteiger charge is 2.27. The minimum Gasteiger partial charge on any atom is -0.326 e. The lowest BCUT2D eigenvalue weighted by atomic mass is 10.1. The zero-order chi connectivity index (χ0) is 18.7. The second-order valence-electron chi connectivity index (χ2n) is 6.66. The van der Waals surface area contributed by atoms with Crippen molar-refractivity contribution in [3.8, 4) is 0 Å². The van der Waals surface area contributed by atoms with Gasteiger partial charge in [-0.15, -0.1) is 11.3 Å². The Morgan fingerprint density at radius 3 is 2.58 bits per heavy atom. The molecule has 0 spiro atoms. The molecule has 7 heteroatoms. The maximum Gasteiger partial charge on any atom is 0.252 e. The highest BCUT2D eigenvalue weighted by molar-refractivity contribution is 7.91. The van der Waals surface area contributed by atoms with Crippen molar-refractivity contribution in [2.45, 2.75) is 43.7 Å². The fraction of sp³-hybridized carbons (Fsp3) is 0.421. The summed E-state index contributed by atoms with van der Waals surface area (Å²) in [7, 11) is -3.43. The van der Waals surface area contributed by atoms with Gasteiger partial charge in [0.05, 0.1) is 6.42 Å². The number of rotatable bonds is 5. The molecule has 1 amide bonds. The van der Waals surface area contributed by atoms with Crippen LogP contribution in [0, 0.1) is 13.8 Å². The van der Waals surface area contributed by atoms with Crippen LogP contribution in [0.5, 0.6) is 0 Å². The second-order valence-corrected chi connectivity index (χ2v) is 9.99. The van der Waals surface area contributed by atoms with Crippen LogP contribution in [-0.4, -0.2) is 31.7 Å². The summed E-state index contributed by atoms with van der Waals surface area (Å²) in [6.45, 7) is 5.15. The van der Waals surface area contributed by atoms with Gasteiger partial charge in [0.1, 0.15) is 4.21 Å². The van der Waals surface area contributed by atoms with Crippen LogP contribution in [0.3, 0.4) is 0 Å². The summed E-state index contributed by atoms with van der Waals surface area (Å²) in [5, 5.41) is 2.92. The number of aryl methyl sites for hydroxylation is 1. The molecule has 26 heavy (non-hydrogen) atoms. The van der Waals surface area contributed by atoms with Crippen LogP contribution in [0.25, 0.3) is 0 Å².